The minimum atomic E-state index is -0.627. The molecule has 2 aliphatic rings. The van der Waals surface area contributed by atoms with E-state index in [2.05, 4.69) is 15.5 Å². The standard InChI is InChI=1S/C26H30N4O4/c1-33-18-10-8-17(9-11-18)26(12-3-4-13-26)25(32)30-16-19(34-2)14-23(30)24(31)28-21-6-5-7-22-20(21)15-27-29-22/h5-11,15,19,23H,3-4,12-14,16H2,1-2H3,(H,27,29)(H,28,31)/t19-,23-/m1/s1. The minimum Gasteiger partial charge on any atom is -0.497 e. The molecule has 0 radical (unpaired) electrons. The van der Waals surface area contributed by atoms with Crippen molar-refractivity contribution < 1.29 is 19.1 Å². The highest BCUT2D eigenvalue weighted by Crippen LogP contribution is 2.44. The summed E-state index contributed by atoms with van der Waals surface area (Å²) >= 11 is 0. The number of methoxy groups -OCH3 is 2. The second kappa shape index (κ2) is 9.10. The molecule has 1 aromatic heterocycles. The topological polar surface area (TPSA) is 96.5 Å². The van der Waals surface area contributed by atoms with Crippen molar-refractivity contribution in [2.24, 2.45) is 0 Å². The van der Waals surface area contributed by atoms with Crippen molar-refractivity contribution in [2.75, 3.05) is 26.1 Å². The second-order valence-electron chi connectivity index (χ2n) is 9.21. The van der Waals surface area contributed by atoms with E-state index in [1.165, 1.54) is 0 Å². The monoisotopic (exact) mass is 462 g/mol. The Bertz CT molecular complexity index is 1180. The molecule has 1 aliphatic heterocycles. The van der Waals surface area contributed by atoms with E-state index in [4.69, 9.17) is 9.47 Å². The van der Waals surface area contributed by atoms with Crippen LogP contribution in [0, 0.1) is 0 Å². The number of hydrogen-bond acceptors (Lipinski definition) is 5. The number of nitrogens with zero attached hydrogens (tertiary/aromatic N) is 2. The van der Waals surface area contributed by atoms with Crippen LogP contribution in [-0.2, 0) is 19.7 Å². The van der Waals surface area contributed by atoms with Crippen LogP contribution >= 0.6 is 0 Å². The number of rotatable bonds is 6. The maximum Gasteiger partial charge on any atom is 0.247 e. The first-order valence-electron chi connectivity index (χ1n) is 11.8. The summed E-state index contributed by atoms with van der Waals surface area (Å²) in [6.07, 6.45) is 5.49. The predicted octanol–water partition coefficient (Wildman–Crippen LogP) is 3.64. The number of amides is 2. The molecule has 1 aliphatic carbocycles. The fourth-order valence-electron chi connectivity index (χ4n) is 5.52. The number of nitrogens with one attached hydrogen (secondary N) is 2. The van der Waals surface area contributed by atoms with Gasteiger partial charge in [-0.3, -0.25) is 14.7 Å². The highest BCUT2D eigenvalue weighted by atomic mass is 16.5. The first-order valence-corrected chi connectivity index (χ1v) is 11.8. The van der Waals surface area contributed by atoms with Gasteiger partial charge in [0.2, 0.25) is 11.8 Å². The van der Waals surface area contributed by atoms with Crippen molar-refractivity contribution in [3.63, 3.8) is 0 Å². The number of aromatic nitrogens is 2. The fourth-order valence-corrected chi connectivity index (χ4v) is 5.52. The van der Waals surface area contributed by atoms with Crippen LogP contribution in [0.1, 0.15) is 37.7 Å². The van der Waals surface area contributed by atoms with Crippen LogP contribution in [0.25, 0.3) is 10.9 Å². The lowest BCUT2D eigenvalue weighted by Gasteiger charge is -2.35. The molecule has 1 saturated heterocycles. The van der Waals surface area contributed by atoms with Gasteiger partial charge in [0.1, 0.15) is 11.8 Å². The molecular formula is C26H30N4O4. The first-order chi connectivity index (χ1) is 16.6. The number of ether oxygens (including phenoxy) is 2. The first kappa shape index (κ1) is 22.4. The lowest BCUT2D eigenvalue weighted by atomic mass is 9.77. The highest BCUT2D eigenvalue weighted by Gasteiger charge is 2.50. The smallest absolute Gasteiger partial charge is 0.247 e. The molecule has 2 fully saturated rings. The van der Waals surface area contributed by atoms with Gasteiger partial charge in [-0.05, 0) is 42.7 Å². The number of benzene rings is 2. The molecule has 5 rings (SSSR count). The SMILES string of the molecule is COc1ccc(C2(C(=O)N3C[C@H](OC)C[C@@H]3C(=O)Nc3cccc4[nH]ncc34)CCCC2)cc1. The van der Waals surface area contributed by atoms with E-state index in [1.54, 1.807) is 25.3 Å². The Morgan fingerprint density at radius 1 is 1.12 bits per heavy atom. The summed E-state index contributed by atoms with van der Waals surface area (Å²) in [6.45, 7) is 0.404. The van der Waals surface area contributed by atoms with Gasteiger partial charge in [0, 0.05) is 25.5 Å². The van der Waals surface area contributed by atoms with Gasteiger partial charge in [0.25, 0.3) is 0 Å². The zero-order valence-corrected chi connectivity index (χ0v) is 19.5. The maximum atomic E-state index is 14.2. The summed E-state index contributed by atoms with van der Waals surface area (Å²) in [5.41, 5.74) is 1.88. The Morgan fingerprint density at radius 2 is 1.88 bits per heavy atom. The number of H-pyrrole nitrogens is 1. The molecule has 2 heterocycles. The third-order valence-electron chi connectivity index (χ3n) is 7.41. The van der Waals surface area contributed by atoms with Crippen LogP contribution in [0.3, 0.4) is 0 Å². The normalized spacial score (nSPS) is 21.6. The van der Waals surface area contributed by atoms with Crippen LogP contribution in [-0.4, -0.2) is 59.8 Å². The van der Waals surface area contributed by atoms with Gasteiger partial charge in [-0.2, -0.15) is 5.10 Å². The number of likely N-dealkylation sites (tertiary alicyclic amines) is 1. The largest absolute Gasteiger partial charge is 0.497 e. The maximum absolute atomic E-state index is 14.2. The lowest BCUT2D eigenvalue weighted by Crippen LogP contribution is -2.51. The van der Waals surface area contributed by atoms with Gasteiger partial charge < -0.3 is 19.7 Å². The fraction of sp³-hybridized carbons (Fsp3) is 0.423. The van der Waals surface area contributed by atoms with Crippen LogP contribution in [0.2, 0.25) is 0 Å². The summed E-state index contributed by atoms with van der Waals surface area (Å²) < 4.78 is 10.9. The van der Waals surface area contributed by atoms with Gasteiger partial charge in [-0.1, -0.05) is 31.0 Å². The molecular weight excluding hydrogens is 432 g/mol. The molecule has 8 heteroatoms. The Balaban J connectivity index is 1.44. The van der Waals surface area contributed by atoms with Crippen molar-refractivity contribution in [3.8, 4) is 5.75 Å². The molecule has 0 unspecified atom stereocenters. The molecule has 8 nitrogen and oxygen atoms in total. The zero-order valence-electron chi connectivity index (χ0n) is 19.5. The van der Waals surface area contributed by atoms with Gasteiger partial charge in [-0.25, -0.2) is 0 Å². The van der Waals surface area contributed by atoms with Crippen LogP contribution in [0.5, 0.6) is 5.75 Å². The summed E-state index contributed by atoms with van der Waals surface area (Å²) in [5, 5.41) is 10.9. The lowest BCUT2D eigenvalue weighted by molar-refractivity contribution is -0.142. The average molecular weight is 463 g/mol. The molecule has 34 heavy (non-hydrogen) atoms. The van der Waals surface area contributed by atoms with Crippen molar-refractivity contribution >= 4 is 28.4 Å². The van der Waals surface area contributed by atoms with E-state index in [0.717, 1.165) is 47.9 Å². The Labute approximate surface area is 198 Å². The number of anilines is 1. The van der Waals surface area contributed by atoms with Crippen molar-refractivity contribution in [1.29, 1.82) is 0 Å². The Kier molecular flexibility index (Phi) is 6.00. The molecule has 178 valence electrons. The van der Waals surface area contributed by atoms with E-state index in [9.17, 15) is 9.59 Å². The summed E-state index contributed by atoms with van der Waals surface area (Å²) in [5.74, 6) is 0.566. The number of hydrogen-bond donors (Lipinski definition) is 2. The third-order valence-corrected chi connectivity index (χ3v) is 7.41. The summed E-state index contributed by atoms with van der Waals surface area (Å²) in [4.78, 5) is 29.4. The van der Waals surface area contributed by atoms with Crippen LogP contribution in [0.4, 0.5) is 5.69 Å². The van der Waals surface area contributed by atoms with E-state index in [-0.39, 0.29) is 17.9 Å². The Morgan fingerprint density at radius 3 is 2.59 bits per heavy atom. The zero-order chi connectivity index (χ0) is 23.7. The molecule has 3 aromatic rings. The van der Waals surface area contributed by atoms with Gasteiger partial charge in [-0.15, -0.1) is 0 Å². The number of carbonyl (C=O) groups excluding carboxylic acids is 2. The highest BCUT2D eigenvalue weighted by molar-refractivity contribution is 6.04. The molecule has 2 amide bonds. The average Bonchev–Trinajstić information content (AvgIpc) is 3.63. The van der Waals surface area contributed by atoms with Gasteiger partial charge >= 0.3 is 0 Å². The van der Waals surface area contributed by atoms with E-state index in [0.29, 0.717) is 18.7 Å². The number of carbonyl (C=O) groups is 2. The quantitative estimate of drug-likeness (QED) is 0.583. The van der Waals surface area contributed by atoms with Crippen molar-refractivity contribution in [2.45, 2.75) is 49.7 Å². The molecule has 0 spiro atoms. The third kappa shape index (κ3) is 3.81. The van der Waals surface area contributed by atoms with Crippen LogP contribution in [0.15, 0.2) is 48.7 Å². The number of fused-ring (bicyclic) bond motifs is 1. The van der Waals surface area contributed by atoms with E-state index < -0.39 is 11.5 Å². The molecule has 2 atom stereocenters. The van der Waals surface area contributed by atoms with Crippen molar-refractivity contribution in [1.82, 2.24) is 15.1 Å². The van der Waals surface area contributed by atoms with E-state index in [1.807, 2.05) is 42.5 Å². The van der Waals surface area contributed by atoms with Crippen LogP contribution < -0.4 is 10.1 Å². The molecule has 2 N–H and O–H groups in total. The minimum absolute atomic E-state index is 0.0105. The number of aromatic amines is 1. The van der Waals surface area contributed by atoms with Crippen molar-refractivity contribution in [3.05, 3.63) is 54.2 Å². The summed E-state index contributed by atoms with van der Waals surface area (Å²) in [7, 11) is 3.27. The summed E-state index contributed by atoms with van der Waals surface area (Å²) in [6, 6.07) is 12.8. The molecule has 2 aromatic carbocycles. The Hall–Kier alpha value is -3.39. The van der Waals surface area contributed by atoms with Gasteiger partial charge in [0.05, 0.1) is 36.0 Å². The second-order valence-corrected chi connectivity index (χ2v) is 9.21. The molecule has 0 bridgehead atoms. The van der Waals surface area contributed by atoms with Gasteiger partial charge in [0.15, 0.2) is 0 Å². The molecule has 1 saturated carbocycles. The van der Waals surface area contributed by atoms with E-state index >= 15 is 0 Å². The predicted molar refractivity (Wildman–Crippen MR) is 129 cm³/mol.